The fourth-order valence-electron chi connectivity index (χ4n) is 2.26. The van der Waals surface area contributed by atoms with Crippen LogP contribution in [0.1, 0.15) is 58.2 Å². The minimum absolute atomic E-state index is 0. The maximum Gasteiger partial charge on any atom is 1.00 e. The molecule has 0 aromatic rings. The van der Waals surface area contributed by atoms with Crippen LogP contribution in [0.3, 0.4) is 0 Å². The van der Waals surface area contributed by atoms with Crippen LogP contribution in [-0.4, -0.2) is 34.2 Å². The van der Waals surface area contributed by atoms with Crippen molar-refractivity contribution in [3.05, 3.63) is 0 Å². The first kappa shape index (κ1) is 22.3. The molecule has 0 radical (unpaired) electrons. The predicted molar refractivity (Wildman–Crippen MR) is 66.4 cm³/mol. The van der Waals surface area contributed by atoms with E-state index in [0.717, 1.165) is 0 Å². The van der Waals surface area contributed by atoms with Gasteiger partial charge in [0, 0.05) is 24.2 Å². The Balaban J connectivity index is -0.000000141. The van der Waals surface area contributed by atoms with Gasteiger partial charge >= 0.3 is 37.7 Å². The van der Waals surface area contributed by atoms with Crippen molar-refractivity contribution < 1.29 is 40.6 Å². The van der Waals surface area contributed by atoms with Crippen LogP contribution in [0.4, 0.5) is 0 Å². The molecule has 90 valence electrons. The number of rotatable bonds is 5. The van der Waals surface area contributed by atoms with Gasteiger partial charge in [-0.1, -0.05) is 0 Å². The Morgan fingerprint density at radius 1 is 0.500 bits per heavy atom. The quantitative estimate of drug-likeness (QED) is 0.366. The van der Waals surface area contributed by atoms with Crippen molar-refractivity contribution in [1.82, 2.24) is 10.0 Å². The fourth-order valence-corrected chi connectivity index (χ4v) is 2.26. The van der Waals surface area contributed by atoms with E-state index in [-0.39, 0.29) is 40.6 Å². The van der Waals surface area contributed by atoms with E-state index in [9.17, 15) is 0 Å². The van der Waals surface area contributed by atoms with Gasteiger partial charge in [0.15, 0.2) is 0 Å². The Labute approximate surface area is 130 Å². The third kappa shape index (κ3) is 6.75. The second-order valence-electron chi connectivity index (χ2n) is 5.14. The molecule has 0 amide bonds. The summed E-state index contributed by atoms with van der Waals surface area (Å²) in [5, 5.41) is 4.96. The molecule has 0 N–H and O–H groups in total. The molecule has 0 aromatic heterocycles. The third-order valence-electron chi connectivity index (χ3n) is 2.38. The van der Waals surface area contributed by atoms with E-state index < -0.39 is 0 Å². The maximum absolute atomic E-state index is 2.48. The molecule has 4 heteroatoms. The second kappa shape index (κ2) is 10.1. The zero-order valence-electron chi connectivity index (χ0n) is 15.2. The first-order valence-electron chi connectivity index (χ1n) is 5.85. The standard InChI is InChI=1S/C12H28N2.2Li.2H/c1-9(2)13(10(3)4)14(11(5)6)12(7)8;;;;/h9-12H,1-8H3;;;;/q;2*+1;2*-1. The van der Waals surface area contributed by atoms with Crippen LogP contribution >= 0.6 is 0 Å². The van der Waals surface area contributed by atoms with Crippen molar-refractivity contribution in [2.24, 2.45) is 0 Å². The topological polar surface area (TPSA) is 6.48 Å². The Bertz CT molecular complexity index is 134. The molecule has 0 rings (SSSR count). The third-order valence-corrected chi connectivity index (χ3v) is 2.38. The molecule has 0 saturated heterocycles. The Hall–Kier alpha value is 1.11. The minimum atomic E-state index is 0. The summed E-state index contributed by atoms with van der Waals surface area (Å²) in [6.45, 7) is 18.1. The average Bonchev–Trinajstić information content (AvgIpc) is 1.96. The maximum atomic E-state index is 2.48. The van der Waals surface area contributed by atoms with Crippen molar-refractivity contribution in [2.45, 2.75) is 79.6 Å². The van der Waals surface area contributed by atoms with Gasteiger partial charge < -0.3 is 2.85 Å². The van der Waals surface area contributed by atoms with Crippen LogP contribution in [0, 0.1) is 0 Å². The molecule has 0 heterocycles. The number of hydrogen-bond donors (Lipinski definition) is 0. The summed E-state index contributed by atoms with van der Waals surface area (Å²) in [6.07, 6.45) is 0. The van der Waals surface area contributed by atoms with Crippen LogP contribution in [0.15, 0.2) is 0 Å². The summed E-state index contributed by atoms with van der Waals surface area (Å²) >= 11 is 0. The Morgan fingerprint density at radius 3 is 0.688 bits per heavy atom. The van der Waals surface area contributed by atoms with Gasteiger partial charge in [0.05, 0.1) is 0 Å². The van der Waals surface area contributed by atoms with Crippen LogP contribution in [-0.2, 0) is 0 Å². The number of nitrogens with zero attached hydrogens (tertiary/aromatic N) is 2. The van der Waals surface area contributed by atoms with E-state index in [1.54, 1.807) is 0 Å². The fraction of sp³-hybridized carbons (Fsp3) is 1.00. The van der Waals surface area contributed by atoms with Crippen molar-refractivity contribution in [3.8, 4) is 0 Å². The molecular weight excluding hydrogens is 186 g/mol. The van der Waals surface area contributed by atoms with Gasteiger partial charge in [-0.15, -0.1) is 0 Å². The van der Waals surface area contributed by atoms with E-state index >= 15 is 0 Å². The Kier molecular flexibility index (Phi) is 14.0. The molecule has 0 aliphatic carbocycles. The second-order valence-corrected chi connectivity index (χ2v) is 5.14. The van der Waals surface area contributed by atoms with E-state index in [2.05, 4.69) is 65.4 Å². The monoisotopic (exact) mass is 216 g/mol. The smallest absolute Gasteiger partial charge is 1.00 e. The van der Waals surface area contributed by atoms with Crippen LogP contribution < -0.4 is 37.7 Å². The molecular formula is C12H30Li2N2. The van der Waals surface area contributed by atoms with Gasteiger partial charge in [-0.3, -0.25) is 0 Å². The molecule has 0 aliphatic heterocycles. The molecule has 0 aliphatic rings. The summed E-state index contributed by atoms with van der Waals surface area (Å²) in [5.74, 6) is 0. The molecule has 16 heavy (non-hydrogen) atoms. The van der Waals surface area contributed by atoms with E-state index in [0.29, 0.717) is 24.2 Å². The SMILES string of the molecule is CC(C)N(C(C)C)N(C(C)C)C(C)C.[H-].[H-].[Li+].[Li+]. The molecule has 0 atom stereocenters. The first-order chi connectivity index (χ1) is 6.29. The molecule has 0 unspecified atom stereocenters. The van der Waals surface area contributed by atoms with E-state index in [1.165, 1.54) is 0 Å². The predicted octanol–water partition coefficient (Wildman–Crippen LogP) is -2.63. The van der Waals surface area contributed by atoms with Crippen molar-refractivity contribution in [1.29, 1.82) is 0 Å². The summed E-state index contributed by atoms with van der Waals surface area (Å²) in [5.41, 5.74) is 0. The molecule has 0 aromatic carbocycles. The summed E-state index contributed by atoms with van der Waals surface area (Å²) in [6, 6.07) is 2.28. The van der Waals surface area contributed by atoms with Crippen molar-refractivity contribution in [3.63, 3.8) is 0 Å². The summed E-state index contributed by atoms with van der Waals surface area (Å²) in [4.78, 5) is 0. The van der Waals surface area contributed by atoms with Crippen LogP contribution in [0.25, 0.3) is 0 Å². The van der Waals surface area contributed by atoms with Gasteiger partial charge in [-0.25, -0.2) is 10.0 Å². The largest absolute Gasteiger partial charge is 1.00 e. The molecule has 0 bridgehead atoms. The van der Waals surface area contributed by atoms with Gasteiger partial charge in [0.25, 0.3) is 0 Å². The van der Waals surface area contributed by atoms with Gasteiger partial charge in [0.1, 0.15) is 0 Å². The summed E-state index contributed by atoms with van der Waals surface area (Å²) < 4.78 is 0. The zero-order chi connectivity index (χ0) is 11.5. The normalized spacial score (nSPS) is 11.6. The minimum Gasteiger partial charge on any atom is -1.00 e. The molecule has 0 spiro atoms. The van der Waals surface area contributed by atoms with Gasteiger partial charge in [0.2, 0.25) is 0 Å². The van der Waals surface area contributed by atoms with Crippen molar-refractivity contribution >= 4 is 0 Å². The molecule has 2 nitrogen and oxygen atoms in total. The van der Waals surface area contributed by atoms with E-state index in [4.69, 9.17) is 0 Å². The zero-order valence-corrected chi connectivity index (χ0v) is 13.2. The average molecular weight is 216 g/mol. The van der Waals surface area contributed by atoms with Crippen molar-refractivity contribution in [2.75, 3.05) is 0 Å². The van der Waals surface area contributed by atoms with Crippen LogP contribution in [0.5, 0.6) is 0 Å². The Morgan fingerprint density at radius 2 is 0.625 bits per heavy atom. The van der Waals surface area contributed by atoms with Gasteiger partial charge in [-0.2, -0.15) is 0 Å². The molecule has 0 fully saturated rings. The van der Waals surface area contributed by atoms with E-state index in [1.807, 2.05) is 0 Å². The number of hydrazine groups is 1. The molecule has 0 saturated carbocycles. The first-order valence-corrected chi connectivity index (χ1v) is 5.85. The van der Waals surface area contributed by atoms with Crippen LogP contribution in [0.2, 0.25) is 0 Å². The number of hydrogen-bond acceptors (Lipinski definition) is 2. The van der Waals surface area contributed by atoms with Gasteiger partial charge in [-0.05, 0) is 55.4 Å². The summed E-state index contributed by atoms with van der Waals surface area (Å²) in [7, 11) is 0.